The third-order valence-electron chi connectivity index (χ3n) is 8.75. The Hall–Kier alpha value is -4.22. The molecule has 6 atom stereocenters. The van der Waals surface area contributed by atoms with Crippen LogP contribution in [0.1, 0.15) is 34.8 Å². The first-order valence-electron chi connectivity index (χ1n) is 13.3. The average molecular weight is 562 g/mol. The van der Waals surface area contributed by atoms with Crippen molar-refractivity contribution in [2.24, 2.45) is 29.4 Å². The first-order chi connectivity index (χ1) is 19.3. The van der Waals surface area contributed by atoms with E-state index in [0.717, 1.165) is 11.1 Å². The molecule has 41 heavy (non-hydrogen) atoms. The molecule has 5 rings (SSSR count). The maximum Gasteiger partial charge on any atom is 0.235 e. The number of nitrogens with two attached hydrogens (primary N) is 1. The molecule has 2 amide bonds. The Morgan fingerprint density at radius 1 is 1.05 bits per heavy atom. The van der Waals surface area contributed by atoms with Crippen LogP contribution in [0.5, 0.6) is 5.75 Å². The molecule has 3 aliphatic carbocycles. The molecule has 2 saturated carbocycles. The van der Waals surface area contributed by atoms with Gasteiger partial charge in [0.05, 0.1) is 17.5 Å². The van der Waals surface area contributed by atoms with Crippen LogP contribution in [0.4, 0.5) is 0 Å². The molecule has 0 spiro atoms. The predicted octanol–water partition coefficient (Wildman–Crippen LogP) is 0.170. The molecular weight excluding hydrogens is 530 g/mol. The van der Waals surface area contributed by atoms with Crippen molar-refractivity contribution in [2.45, 2.75) is 38.0 Å². The Labute approximate surface area is 235 Å². The third kappa shape index (κ3) is 4.27. The molecule has 214 valence electrons. The number of aliphatic hydroxyl groups is 1. The number of amides is 2. The first-order valence-corrected chi connectivity index (χ1v) is 13.3. The molecular formula is C30H31N3O8. The minimum absolute atomic E-state index is 0.0192. The van der Waals surface area contributed by atoms with Crippen LogP contribution in [0.25, 0.3) is 11.1 Å². The van der Waals surface area contributed by atoms with Crippen LogP contribution in [0.15, 0.2) is 36.4 Å². The van der Waals surface area contributed by atoms with Gasteiger partial charge in [0.2, 0.25) is 11.8 Å². The Bertz CT molecular complexity index is 1510. The summed E-state index contributed by atoms with van der Waals surface area (Å²) in [5.41, 5.74) is 5.33. The van der Waals surface area contributed by atoms with Crippen LogP contribution in [0, 0.1) is 23.7 Å². The van der Waals surface area contributed by atoms with Crippen molar-refractivity contribution < 1.29 is 39.0 Å². The number of benzene rings is 2. The number of rotatable bonds is 5. The highest BCUT2D eigenvalue weighted by Crippen LogP contribution is 2.51. The first kappa shape index (κ1) is 28.3. The van der Waals surface area contributed by atoms with Crippen molar-refractivity contribution in [3.63, 3.8) is 0 Å². The number of likely N-dealkylation sites (N-methyl/N-ethyl adjacent to an activating group) is 1. The van der Waals surface area contributed by atoms with Crippen LogP contribution in [0.3, 0.4) is 0 Å². The van der Waals surface area contributed by atoms with E-state index in [1.165, 1.54) is 17.9 Å². The Morgan fingerprint density at radius 2 is 1.71 bits per heavy atom. The van der Waals surface area contributed by atoms with Crippen molar-refractivity contribution in [1.29, 1.82) is 0 Å². The van der Waals surface area contributed by atoms with Crippen LogP contribution in [-0.2, 0) is 36.9 Å². The molecule has 0 heterocycles. The normalized spacial score (nSPS) is 29.0. The zero-order chi connectivity index (χ0) is 30.0. The molecule has 11 heteroatoms. The molecule has 0 saturated heterocycles. The second-order valence-electron chi connectivity index (χ2n) is 11.4. The molecule has 2 unspecified atom stereocenters. The number of ketones is 4. The minimum atomic E-state index is -2.76. The van der Waals surface area contributed by atoms with Crippen LogP contribution in [-0.4, -0.2) is 75.8 Å². The van der Waals surface area contributed by atoms with E-state index in [4.69, 9.17) is 5.73 Å². The van der Waals surface area contributed by atoms with E-state index in [9.17, 15) is 39.0 Å². The standard InChI is InChI=1S/C30H31N3O8/c1-13(34)32-12-14-4-6-15(7-5-14)17-8-9-20(35)22-18(17)10-16-11-19-24(33(2)3)26(37)23(29(31)40)28(39)30(19,41)27(38)21(16)25(22)36/h4-9,16,19,21,23-24,35,41H,10-12H2,1-3H3,(H2,31,40)(H,32,34)/t16-,19-,21?,23?,24-,30-/m0/s1. The van der Waals surface area contributed by atoms with Gasteiger partial charge in [-0.1, -0.05) is 30.3 Å². The summed E-state index contributed by atoms with van der Waals surface area (Å²) in [6.45, 7) is 1.77. The van der Waals surface area contributed by atoms with E-state index >= 15 is 0 Å². The van der Waals surface area contributed by atoms with E-state index in [1.54, 1.807) is 20.2 Å². The SMILES string of the molecule is CC(=O)NCc1ccc(-c2ccc(O)c3c2C[C@H]2C[C@H]4[C@H](N(C)C)C(=O)C(C(N)=O)C(=O)[C@@]4(O)C(=O)C2C3=O)cc1. The number of aromatic hydroxyl groups is 1. The quantitative estimate of drug-likeness (QED) is 0.370. The van der Waals surface area contributed by atoms with Gasteiger partial charge in [-0.15, -0.1) is 0 Å². The summed E-state index contributed by atoms with van der Waals surface area (Å²) in [6.07, 6.45) is 0.151. The third-order valence-corrected chi connectivity index (χ3v) is 8.75. The van der Waals surface area contributed by atoms with Gasteiger partial charge < -0.3 is 21.3 Å². The molecule has 0 aromatic heterocycles. The maximum atomic E-state index is 13.9. The number of primary amides is 1. The Morgan fingerprint density at radius 3 is 2.29 bits per heavy atom. The van der Waals surface area contributed by atoms with Crippen molar-refractivity contribution in [3.05, 3.63) is 53.1 Å². The lowest BCUT2D eigenvalue weighted by Crippen LogP contribution is -2.74. The highest BCUT2D eigenvalue weighted by molar-refractivity contribution is 6.32. The summed E-state index contributed by atoms with van der Waals surface area (Å²) >= 11 is 0. The number of fused-ring (bicyclic) bond motifs is 3. The van der Waals surface area contributed by atoms with E-state index < -0.39 is 64.4 Å². The van der Waals surface area contributed by atoms with Gasteiger partial charge in [-0.3, -0.25) is 33.7 Å². The van der Waals surface area contributed by atoms with Gasteiger partial charge in [-0.05, 0) is 61.2 Å². The topological polar surface area (TPSA) is 184 Å². The largest absolute Gasteiger partial charge is 0.507 e. The fraction of sp³-hybridized carbons (Fsp3) is 0.400. The van der Waals surface area contributed by atoms with Gasteiger partial charge in [-0.2, -0.15) is 0 Å². The lowest BCUT2D eigenvalue weighted by Gasteiger charge is -2.52. The minimum Gasteiger partial charge on any atom is -0.507 e. The molecule has 11 nitrogen and oxygen atoms in total. The molecule has 2 aromatic rings. The van der Waals surface area contributed by atoms with E-state index in [2.05, 4.69) is 5.32 Å². The second kappa shape index (κ2) is 10.0. The van der Waals surface area contributed by atoms with Crippen LogP contribution >= 0.6 is 0 Å². The van der Waals surface area contributed by atoms with Gasteiger partial charge >= 0.3 is 0 Å². The highest BCUT2D eigenvalue weighted by atomic mass is 16.3. The zero-order valence-corrected chi connectivity index (χ0v) is 22.8. The Kier molecular flexibility index (Phi) is 6.91. The summed E-state index contributed by atoms with van der Waals surface area (Å²) in [4.78, 5) is 79.2. The number of Topliss-reactive ketones (excluding diaryl/α,β-unsaturated/α-hetero) is 4. The number of phenolic OH excluding ortho intramolecular Hbond substituents is 1. The molecule has 2 aromatic carbocycles. The smallest absolute Gasteiger partial charge is 0.235 e. The summed E-state index contributed by atoms with van der Waals surface area (Å²) in [6, 6.07) is 9.20. The number of carbonyl (C=O) groups excluding carboxylic acids is 6. The summed E-state index contributed by atoms with van der Waals surface area (Å²) in [7, 11) is 3.08. The number of nitrogens with one attached hydrogen (secondary N) is 1. The number of nitrogens with zero attached hydrogens (tertiary/aromatic N) is 1. The fourth-order valence-electron chi connectivity index (χ4n) is 6.90. The highest BCUT2D eigenvalue weighted by Gasteiger charge is 2.69. The Balaban J connectivity index is 1.58. The van der Waals surface area contributed by atoms with Crippen LogP contribution < -0.4 is 11.1 Å². The lowest BCUT2D eigenvalue weighted by atomic mass is 9.52. The van der Waals surface area contributed by atoms with E-state index in [0.29, 0.717) is 17.7 Å². The van der Waals surface area contributed by atoms with Crippen LogP contribution in [0.2, 0.25) is 0 Å². The summed E-state index contributed by atoms with van der Waals surface area (Å²) in [5, 5.41) is 25.1. The summed E-state index contributed by atoms with van der Waals surface area (Å²) < 4.78 is 0. The number of hydrogen-bond donors (Lipinski definition) is 4. The van der Waals surface area contributed by atoms with Crippen molar-refractivity contribution in [2.75, 3.05) is 14.1 Å². The molecule has 0 radical (unpaired) electrons. The van der Waals surface area contributed by atoms with Crippen molar-refractivity contribution >= 4 is 34.9 Å². The number of phenols is 1. The van der Waals surface area contributed by atoms with Crippen molar-refractivity contribution in [1.82, 2.24) is 10.2 Å². The summed E-state index contributed by atoms with van der Waals surface area (Å²) in [5.74, 6) is -10.9. The maximum absolute atomic E-state index is 13.9. The number of hydrogen-bond acceptors (Lipinski definition) is 9. The van der Waals surface area contributed by atoms with E-state index in [-0.39, 0.29) is 30.1 Å². The average Bonchev–Trinajstić information content (AvgIpc) is 2.89. The van der Waals surface area contributed by atoms with E-state index in [1.807, 2.05) is 24.3 Å². The van der Waals surface area contributed by atoms with Gasteiger partial charge in [0, 0.05) is 19.4 Å². The van der Waals surface area contributed by atoms with Gasteiger partial charge in [0.25, 0.3) is 0 Å². The molecule has 0 bridgehead atoms. The number of carbonyl (C=O) groups is 6. The van der Waals surface area contributed by atoms with Gasteiger partial charge in [0.1, 0.15) is 5.75 Å². The molecule has 0 aliphatic heterocycles. The second-order valence-corrected chi connectivity index (χ2v) is 11.4. The monoisotopic (exact) mass is 561 g/mol. The van der Waals surface area contributed by atoms with Gasteiger partial charge in [0.15, 0.2) is 34.7 Å². The zero-order valence-electron chi connectivity index (χ0n) is 22.8. The van der Waals surface area contributed by atoms with Crippen molar-refractivity contribution in [3.8, 4) is 16.9 Å². The van der Waals surface area contributed by atoms with Gasteiger partial charge in [-0.25, -0.2) is 0 Å². The lowest BCUT2D eigenvalue weighted by molar-refractivity contribution is -0.181. The molecule has 3 aliphatic rings. The fourth-order valence-corrected chi connectivity index (χ4v) is 6.90. The molecule has 2 fully saturated rings. The predicted molar refractivity (Wildman–Crippen MR) is 144 cm³/mol. The molecule has 5 N–H and O–H groups in total.